The monoisotopic (exact) mass is 292 g/mol. The van der Waals surface area contributed by atoms with E-state index in [2.05, 4.69) is 5.32 Å². The van der Waals surface area contributed by atoms with Crippen LogP contribution in [0.2, 0.25) is 10.0 Å². The molecule has 96 valence electrons. The van der Waals surface area contributed by atoms with E-state index in [0.717, 1.165) is 0 Å². The molecule has 1 unspecified atom stereocenters. The van der Waals surface area contributed by atoms with Crippen LogP contribution in [0.4, 0.5) is 5.69 Å². The van der Waals surface area contributed by atoms with Gasteiger partial charge in [0, 0.05) is 21.3 Å². The number of halogens is 2. The number of carbonyl (C=O) groups is 1. The van der Waals surface area contributed by atoms with Crippen LogP contribution in [0.15, 0.2) is 42.5 Å². The molecule has 1 aliphatic rings. The maximum atomic E-state index is 12.2. The van der Waals surface area contributed by atoms with Crippen molar-refractivity contribution in [3.05, 3.63) is 63.6 Å². The van der Waals surface area contributed by atoms with E-state index >= 15 is 0 Å². The zero-order valence-corrected chi connectivity index (χ0v) is 11.3. The largest absolute Gasteiger partial charge is 0.324 e. The first-order valence-corrected chi connectivity index (χ1v) is 6.44. The Bertz CT molecular complexity index is 670. The fourth-order valence-corrected chi connectivity index (χ4v) is 2.59. The van der Waals surface area contributed by atoms with E-state index in [1.165, 1.54) is 0 Å². The highest BCUT2D eigenvalue weighted by Gasteiger charge is 2.45. The summed E-state index contributed by atoms with van der Waals surface area (Å²) in [4.78, 5) is 12.2. The molecular weight excluding hydrogens is 283 g/mol. The molecule has 0 saturated heterocycles. The Morgan fingerprint density at radius 3 is 2.32 bits per heavy atom. The molecule has 3 nitrogen and oxygen atoms in total. The third kappa shape index (κ3) is 1.82. The Morgan fingerprint density at radius 2 is 1.63 bits per heavy atom. The summed E-state index contributed by atoms with van der Waals surface area (Å²) in [6.45, 7) is 0. The van der Waals surface area contributed by atoms with E-state index in [1.54, 1.807) is 42.5 Å². The standard InChI is InChI=1S/C14H10Cl2N2O/c15-9-3-1-8(2-4-9)14(17)11-7-10(16)5-6-12(11)18-13(14)19/h1-7H,17H2,(H,18,19). The van der Waals surface area contributed by atoms with Crippen molar-refractivity contribution in [3.63, 3.8) is 0 Å². The second-order valence-electron chi connectivity index (χ2n) is 4.46. The number of hydrogen-bond donors (Lipinski definition) is 2. The van der Waals surface area contributed by atoms with Crippen molar-refractivity contribution >= 4 is 34.8 Å². The molecule has 0 aliphatic carbocycles. The molecular formula is C14H10Cl2N2O. The van der Waals surface area contributed by atoms with Gasteiger partial charge in [-0.2, -0.15) is 0 Å². The molecule has 5 heteroatoms. The van der Waals surface area contributed by atoms with Crippen molar-refractivity contribution in [3.8, 4) is 0 Å². The quantitative estimate of drug-likeness (QED) is 0.848. The van der Waals surface area contributed by atoms with Gasteiger partial charge in [-0.05, 0) is 35.9 Å². The second kappa shape index (κ2) is 4.23. The molecule has 1 atom stereocenters. The van der Waals surface area contributed by atoms with Gasteiger partial charge in [-0.25, -0.2) is 0 Å². The Labute approximate surface area is 120 Å². The smallest absolute Gasteiger partial charge is 0.253 e. The Morgan fingerprint density at radius 1 is 1.00 bits per heavy atom. The lowest BCUT2D eigenvalue weighted by atomic mass is 9.85. The van der Waals surface area contributed by atoms with Crippen LogP contribution in [0.1, 0.15) is 11.1 Å². The number of benzene rings is 2. The normalized spacial score (nSPS) is 21.1. The molecule has 0 saturated carbocycles. The molecule has 2 aromatic carbocycles. The summed E-state index contributed by atoms with van der Waals surface area (Å²) in [5, 5.41) is 3.91. The first kappa shape index (κ1) is 12.5. The van der Waals surface area contributed by atoms with E-state index in [-0.39, 0.29) is 5.91 Å². The van der Waals surface area contributed by atoms with Crippen LogP contribution in [0.5, 0.6) is 0 Å². The van der Waals surface area contributed by atoms with Gasteiger partial charge in [0.2, 0.25) is 0 Å². The molecule has 0 radical (unpaired) electrons. The predicted molar refractivity (Wildman–Crippen MR) is 76.5 cm³/mol. The summed E-state index contributed by atoms with van der Waals surface area (Å²) in [6.07, 6.45) is 0. The molecule has 0 bridgehead atoms. The van der Waals surface area contributed by atoms with Crippen molar-refractivity contribution < 1.29 is 4.79 Å². The lowest BCUT2D eigenvalue weighted by Crippen LogP contribution is -2.44. The number of rotatable bonds is 1. The summed E-state index contributed by atoms with van der Waals surface area (Å²) >= 11 is 11.9. The maximum absolute atomic E-state index is 12.2. The molecule has 1 aliphatic heterocycles. The third-order valence-corrected chi connectivity index (χ3v) is 3.80. The summed E-state index contributed by atoms with van der Waals surface area (Å²) in [5.41, 5.74) is 7.15. The number of hydrogen-bond acceptors (Lipinski definition) is 2. The number of nitrogens with one attached hydrogen (secondary N) is 1. The number of carbonyl (C=O) groups excluding carboxylic acids is 1. The van der Waals surface area contributed by atoms with Crippen LogP contribution >= 0.6 is 23.2 Å². The van der Waals surface area contributed by atoms with Crippen LogP contribution in [-0.2, 0) is 10.3 Å². The molecule has 1 amide bonds. The van der Waals surface area contributed by atoms with Gasteiger partial charge >= 0.3 is 0 Å². The zero-order valence-electron chi connectivity index (χ0n) is 9.78. The lowest BCUT2D eigenvalue weighted by molar-refractivity contribution is -0.119. The highest BCUT2D eigenvalue weighted by molar-refractivity contribution is 6.31. The number of nitrogens with two attached hydrogens (primary N) is 1. The molecule has 0 spiro atoms. The number of anilines is 1. The summed E-state index contributed by atoms with van der Waals surface area (Å²) in [6, 6.07) is 12.1. The molecule has 0 fully saturated rings. The second-order valence-corrected chi connectivity index (χ2v) is 5.33. The van der Waals surface area contributed by atoms with E-state index in [4.69, 9.17) is 28.9 Å². The summed E-state index contributed by atoms with van der Waals surface area (Å²) in [5.74, 6) is -0.271. The Hall–Kier alpha value is -1.55. The van der Waals surface area contributed by atoms with E-state index in [9.17, 15) is 4.79 Å². The number of amides is 1. The van der Waals surface area contributed by atoms with Gasteiger partial charge in [0.15, 0.2) is 0 Å². The highest BCUT2D eigenvalue weighted by Crippen LogP contribution is 2.40. The van der Waals surface area contributed by atoms with Gasteiger partial charge in [-0.15, -0.1) is 0 Å². The van der Waals surface area contributed by atoms with Crippen molar-refractivity contribution in [2.75, 3.05) is 5.32 Å². The van der Waals surface area contributed by atoms with Crippen molar-refractivity contribution in [2.45, 2.75) is 5.54 Å². The van der Waals surface area contributed by atoms with Crippen molar-refractivity contribution in [1.82, 2.24) is 0 Å². The average Bonchev–Trinajstić information content (AvgIpc) is 2.64. The third-order valence-electron chi connectivity index (χ3n) is 3.31. The number of fused-ring (bicyclic) bond motifs is 1. The molecule has 2 aromatic rings. The van der Waals surface area contributed by atoms with Gasteiger partial charge in [0.1, 0.15) is 5.54 Å². The van der Waals surface area contributed by atoms with Crippen LogP contribution in [0.3, 0.4) is 0 Å². The van der Waals surface area contributed by atoms with Crippen molar-refractivity contribution in [1.29, 1.82) is 0 Å². The van der Waals surface area contributed by atoms with Crippen LogP contribution in [-0.4, -0.2) is 5.91 Å². The van der Waals surface area contributed by atoms with Gasteiger partial charge in [-0.3, -0.25) is 4.79 Å². The van der Waals surface area contributed by atoms with Gasteiger partial charge < -0.3 is 11.1 Å². The van der Waals surface area contributed by atoms with Gasteiger partial charge in [-0.1, -0.05) is 35.3 Å². The minimum Gasteiger partial charge on any atom is -0.324 e. The van der Waals surface area contributed by atoms with Crippen LogP contribution in [0.25, 0.3) is 0 Å². The minimum absolute atomic E-state index is 0.271. The Kier molecular flexibility index (Phi) is 2.78. The molecule has 19 heavy (non-hydrogen) atoms. The van der Waals surface area contributed by atoms with Crippen LogP contribution < -0.4 is 11.1 Å². The highest BCUT2D eigenvalue weighted by atomic mass is 35.5. The van der Waals surface area contributed by atoms with E-state index in [0.29, 0.717) is 26.9 Å². The predicted octanol–water partition coefficient (Wildman–Crippen LogP) is 3.15. The Balaban J connectivity index is 2.21. The molecule has 0 aromatic heterocycles. The fourth-order valence-electron chi connectivity index (χ4n) is 2.29. The molecule has 1 heterocycles. The summed E-state index contributed by atoms with van der Waals surface area (Å²) < 4.78 is 0. The van der Waals surface area contributed by atoms with E-state index < -0.39 is 5.54 Å². The SMILES string of the molecule is NC1(c2ccc(Cl)cc2)C(=O)Nc2ccc(Cl)cc21. The minimum atomic E-state index is -1.23. The molecule has 3 rings (SSSR count). The zero-order chi connectivity index (χ0) is 13.6. The fraction of sp³-hybridized carbons (Fsp3) is 0.0714. The van der Waals surface area contributed by atoms with Crippen molar-refractivity contribution in [2.24, 2.45) is 5.73 Å². The average molecular weight is 293 g/mol. The first-order chi connectivity index (χ1) is 9.01. The van der Waals surface area contributed by atoms with Gasteiger partial charge in [0.05, 0.1) is 0 Å². The summed E-state index contributed by atoms with van der Waals surface area (Å²) in [7, 11) is 0. The maximum Gasteiger partial charge on any atom is 0.253 e. The molecule has 3 N–H and O–H groups in total. The van der Waals surface area contributed by atoms with E-state index in [1.807, 2.05) is 0 Å². The lowest BCUT2D eigenvalue weighted by Gasteiger charge is -2.23. The van der Waals surface area contributed by atoms with Gasteiger partial charge in [0.25, 0.3) is 5.91 Å². The van der Waals surface area contributed by atoms with Crippen LogP contribution in [0, 0.1) is 0 Å². The first-order valence-electron chi connectivity index (χ1n) is 5.68. The topological polar surface area (TPSA) is 55.1 Å².